The molecule has 0 saturated carbocycles. The molecule has 0 atom stereocenters. The average molecular weight is 238 g/mol. The fourth-order valence-corrected chi connectivity index (χ4v) is 2.52. The highest BCUT2D eigenvalue weighted by Crippen LogP contribution is 2.22. The van der Waals surface area contributed by atoms with Crippen LogP contribution in [0.1, 0.15) is 42.1 Å². The van der Waals surface area contributed by atoms with Crippen molar-refractivity contribution in [2.75, 3.05) is 5.75 Å². The number of aromatic carboxylic acids is 1. The second-order valence-corrected chi connectivity index (χ2v) is 5.01. The number of hydrogen-bond acceptors (Lipinski definition) is 2. The van der Waals surface area contributed by atoms with Gasteiger partial charge in [0, 0.05) is 4.90 Å². The molecule has 1 aromatic carbocycles. The first-order chi connectivity index (χ1) is 7.65. The number of carboxylic acid groups (broad SMARTS) is 1. The van der Waals surface area contributed by atoms with Gasteiger partial charge in [0.25, 0.3) is 0 Å². The molecule has 0 fully saturated rings. The second kappa shape index (κ2) is 6.59. The lowest BCUT2D eigenvalue weighted by Crippen LogP contribution is -1.99. The molecule has 0 amide bonds. The lowest BCUT2D eigenvalue weighted by molar-refractivity contribution is 0.0696. The molecule has 1 N–H and O–H groups in total. The lowest BCUT2D eigenvalue weighted by atomic mass is 10.1. The van der Waals surface area contributed by atoms with E-state index in [4.69, 9.17) is 5.11 Å². The summed E-state index contributed by atoms with van der Waals surface area (Å²) in [5.41, 5.74) is 1.24. The Labute approximate surface area is 101 Å². The van der Waals surface area contributed by atoms with Gasteiger partial charge in [0.2, 0.25) is 0 Å². The predicted molar refractivity (Wildman–Crippen MR) is 68.4 cm³/mol. The number of hydrogen-bond donors (Lipinski definition) is 1. The van der Waals surface area contributed by atoms with Gasteiger partial charge in [-0.05, 0) is 42.9 Å². The van der Waals surface area contributed by atoms with Crippen LogP contribution in [0.25, 0.3) is 0 Å². The maximum Gasteiger partial charge on any atom is 0.335 e. The summed E-state index contributed by atoms with van der Waals surface area (Å²) in [6, 6.07) is 5.55. The largest absolute Gasteiger partial charge is 0.478 e. The summed E-state index contributed by atoms with van der Waals surface area (Å²) in [4.78, 5) is 12.0. The molecule has 0 aliphatic rings. The number of carbonyl (C=O) groups is 1. The predicted octanol–water partition coefficient (Wildman–Crippen LogP) is 3.98. The minimum atomic E-state index is -0.847. The Balaban J connectivity index is 2.56. The van der Waals surface area contributed by atoms with Crippen LogP contribution < -0.4 is 0 Å². The third kappa shape index (κ3) is 3.89. The highest BCUT2D eigenvalue weighted by Gasteiger charge is 2.06. The third-order valence-corrected chi connectivity index (χ3v) is 3.52. The quantitative estimate of drug-likeness (QED) is 0.601. The molecule has 3 heteroatoms. The van der Waals surface area contributed by atoms with E-state index in [0.29, 0.717) is 5.56 Å². The van der Waals surface area contributed by atoms with E-state index in [-0.39, 0.29) is 0 Å². The third-order valence-electron chi connectivity index (χ3n) is 2.44. The van der Waals surface area contributed by atoms with Gasteiger partial charge >= 0.3 is 5.97 Å². The summed E-state index contributed by atoms with van der Waals surface area (Å²) >= 11 is 1.80. The number of unbranched alkanes of at least 4 members (excludes halogenated alkanes) is 2. The normalized spacial score (nSPS) is 10.4. The van der Waals surface area contributed by atoms with E-state index in [1.165, 1.54) is 24.2 Å². The summed E-state index contributed by atoms with van der Waals surface area (Å²) in [7, 11) is 0. The van der Waals surface area contributed by atoms with Gasteiger partial charge in [-0.2, -0.15) is 0 Å². The van der Waals surface area contributed by atoms with Crippen molar-refractivity contribution in [1.82, 2.24) is 0 Å². The molecule has 16 heavy (non-hydrogen) atoms. The first-order valence-electron chi connectivity index (χ1n) is 5.62. The smallest absolute Gasteiger partial charge is 0.335 e. The molecular formula is C13H18O2S. The van der Waals surface area contributed by atoms with E-state index >= 15 is 0 Å². The molecule has 0 saturated heterocycles. The Morgan fingerprint density at radius 2 is 2.12 bits per heavy atom. The van der Waals surface area contributed by atoms with E-state index in [1.54, 1.807) is 17.8 Å². The van der Waals surface area contributed by atoms with Gasteiger partial charge in [-0.1, -0.05) is 19.8 Å². The van der Waals surface area contributed by atoms with Crippen molar-refractivity contribution in [2.45, 2.75) is 38.0 Å². The molecule has 0 spiro atoms. The molecular weight excluding hydrogens is 220 g/mol. The molecule has 0 radical (unpaired) electrons. The van der Waals surface area contributed by atoms with Crippen molar-refractivity contribution >= 4 is 17.7 Å². The lowest BCUT2D eigenvalue weighted by Gasteiger charge is -2.05. The zero-order valence-corrected chi connectivity index (χ0v) is 10.6. The van der Waals surface area contributed by atoms with Crippen LogP contribution in [-0.4, -0.2) is 16.8 Å². The van der Waals surface area contributed by atoms with Gasteiger partial charge in [0.1, 0.15) is 0 Å². The Morgan fingerprint density at radius 3 is 2.69 bits per heavy atom. The van der Waals surface area contributed by atoms with Crippen LogP contribution in [0.5, 0.6) is 0 Å². The van der Waals surface area contributed by atoms with Crippen LogP contribution in [0, 0.1) is 6.92 Å². The monoisotopic (exact) mass is 238 g/mol. The highest BCUT2D eigenvalue weighted by atomic mass is 32.2. The Bertz CT molecular complexity index is 361. The summed E-state index contributed by atoms with van der Waals surface area (Å²) in [6.45, 7) is 4.04. The first kappa shape index (κ1) is 13.1. The topological polar surface area (TPSA) is 37.3 Å². The molecule has 0 aromatic heterocycles. The van der Waals surface area contributed by atoms with Gasteiger partial charge in [-0.3, -0.25) is 0 Å². The number of aryl methyl sites for hydroxylation is 1. The van der Waals surface area contributed by atoms with E-state index in [9.17, 15) is 4.79 Å². The van der Waals surface area contributed by atoms with Crippen molar-refractivity contribution in [2.24, 2.45) is 0 Å². The zero-order valence-electron chi connectivity index (χ0n) is 9.82. The summed E-state index contributed by atoms with van der Waals surface area (Å²) in [6.07, 6.45) is 3.72. The number of thioether (sulfide) groups is 1. The van der Waals surface area contributed by atoms with Crippen molar-refractivity contribution < 1.29 is 9.90 Å². The van der Waals surface area contributed by atoms with E-state index in [0.717, 1.165) is 11.3 Å². The summed E-state index contributed by atoms with van der Waals surface area (Å²) in [5.74, 6) is 0.264. The van der Waals surface area contributed by atoms with Crippen LogP contribution in [0.3, 0.4) is 0 Å². The fraction of sp³-hybridized carbons (Fsp3) is 0.462. The molecule has 0 heterocycles. The van der Waals surface area contributed by atoms with Crippen LogP contribution in [0.4, 0.5) is 0 Å². The summed E-state index contributed by atoms with van der Waals surface area (Å²) in [5, 5.41) is 8.90. The van der Waals surface area contributed by atoms with Crippen molar-refractivity contribution in [3.05, 3.63) is 29.3 Å². The minimum absolute atomic E-state index is 0.401. The molecule has 0 bridgehead atoms. The van der Waals surface area contributed by atoms with Crippen molar-refractivity contribution in [3.8, 4) is 0 Å². The number of carboxylic acids is 1. The maximum absolute atomic E-state index is 10.8. The van der Waals surface area contributed by atoms with E-state index in [1.807, 2.05) is 19.1 Å². The first-order valence-corrected chi connectivity index (χ1v) is 6.60. The number of benzene rings is 1. The maximum atomic E-state index is 10.8. The minimum Gasteiger partial charge on any atom is -0.478 e. The van der Waals surface area contributed by atoms with Crippen molar-refractivity contribution in [3.63, 3.8) is 0 Å². The zero-order chi connectivity index (χ0) is 12.0. The number of rotatable bonds is 6. The van der Waals surface area contributed by atoms with Gasteiger partial charge < -0.3 is 5.11 Å². The standard InChI is InChI=1S/C13H18O2S/c1-3-4-5-8-16-11-6-7-12(13(14)15)10(2)9-11/h6-7,9H,3-5,8H2,1-2H3,(H,14,15). The Kier molecular flexibility index (Phi) is 5.39. The van der Waals surface area contributed by atoms with Gasteiger partial charge in [-0.15, -0.1) is 11.8 Å². The van der Waals surface area contributed by atoms with E-state index in [2.05, 4.69) is 6.92 Å². The second-order valence-electron chi connectivity index (χ2n) is 3.84. The molecule has 1 rings (SSSR count). The summed E-state index contributed by atoms with van der Waals surface area (Å²) < 4.78 is 0. The fourth-order valence-electron chi connectivity index (χ4n) is 1.51. The SMILES string of the molecule is CCCCCSc1ccc(C(=O)O)c(C)c1. The molecule has 2 nitrogen and oxygen atoms in total. The van der Waals surface area contributed by atoms with Crippen LogP contribution in [0.15, 0.2) is 23.1 Å². The van der Waals surface area contributed by atoms with Crippen LogP contribution in [0.2, 0.25) is 0 Å². The molecule has 1 aromatic rings. The van der Waals surface area contributed by atoms with Gasteiger partial charge in [0.05, 0.1) is 5.56 Å². The van der Waals surface area contributed by atoms with Crippen LogP contribution in [-0.2, 0) is 0 Å². The van der Waals surface area contributed by atoms with Crippen LogP contribution >= 0.6 is 11.8 Å². The van der Waals surface area contributed by atoms with Gasteiger partial charge in [-0.25, -0.2) is 4.79 Å². The molecule has 88 valence electrons. The Morgan fingerprint density at radius 1 is 1.38 bits per heavy atom. The van der Waals surface area contributed by atoms with Crippen molar-refractivity contribution in [1.29, 1.82) is 0 Å². The molecule has 0 unspecified atom stereocenters. The highest BCUT2D eigenvalue weighted by molar-refractivity contribution is 7.99. The average Bonchev–Trinajstić information content (AvgIpc) is 2.24. The molecule has 0 aliphatic heterocycles. The van der Waals surface area contributed by atoms with E-state index < -0.39 is 5.97 Å². The van der Waals surface area contributed by atoms with Gasteiger partial charge in [0.15, 0.2) is 0 Å². The molecule has 0 aliphatic carbocycles. The Hall–Kier alpha value is -0.960.